The second-order valence-electron chi connectivity index (χ2n) is 4.42. The maximum Gasteiger partial charge on any atom is 0.276 e. The summed E-state index contributed by atoms with van der Waals surface area (Å²) in [4.78, 5) is 22.9. The fourth-order valence-corrected chi connectivity index (χ4v) is 1.58. The van der Waals surface area contributed by atoms with Gasteiger partial charge in [0.2, 0.25) is 0 Å². The first-order chi connectivity index (χ1) is 9.56. The van der Waals surface area contributed by atoms with E-state index in [1.54, 1.807) is 18.2 Å². The first-order valence-electron chi connectivity index (χ1n) is 6.19. The van der Waals surface area contributed by atoms with Crippen LogP contribution in [0.3, 0.4) is 0 Å². The number of anilines is 1. The first kappa shape index (κ1) is 13.8. The third-order valence-electron chi connectivity index (χ3n) is 2.41. The molecule has 0 unspecified atom stereocenters. The van der Waals surface area contributed by atoms with Crippen LogP contribution in [0, 0.1) is 0 Å². The molecule has 1 heterocycles. The van der Waals surface area contributed by atoms with Gasteiger partial charge in [0.15, 0.2) is 0 Å². The largest absolute Gasteiger partial charge is 0.489 e. The molecule has 0 fully saturated rings. The average Bonchev–Trinajstić information content (AvgIpc) is 2.41. The molecule has 2 aromatic rings. The van der Waals surface area contributed by atoms with Gasteiger partial charge in [0.05, 0.1) is 11.8 Å². The molecule has 0 aliphatic carbocycles. The zero-order chi connectivity index (χ0) is 14.5. The molecule has 6 nitrogen and oxygen atoms in total. The number of carbonyl (C=O) groups excluding carboxylic acids is 1. The molecule has 2 rings (SSSR count). The average molecular weight is 273 g/mol. The van der Waals surface area contributed by atoms with Gasteiger partial charge >= 0.3 is 0 Å². The molecule has 1 aromatic heterocycles. The second-order valence-corrected chi connectivity index (χ2v) is 4.42. The molecule has 0 aliphatic heterocycles. The molecule has 20 heavy (non-hydrogen) atoms. The Bertz CT molecular complexity index is 644. The predicted octanol–water partition coefficient (Wildman–Crippen LogP) is 1.81. The van der Waals surface area contributed by atoms with Gasteiger partial charge in [-0.2, -0.15) is 5.10 Å². The van der Waals surface area contributed by atoms with Gasteiger partial charge in [0.1, 0.15) is 11.4 Å². The van der Waals surface area contributed by atoms with Crippen LogP contribution in [0.1, 0.15) is 24.3 Å². The minimum absolute atomic E-state index is 0.000688. The van der Waals surface area contributed by atoms with Crippen molar-refractivity contribution >= 4 is 11.6 Å². The van der Waals surface area contributed by atoms with E-state index in [9.17, 15) is 9.59 Å². The minimum atomic E-state index is -0.416. The van der Waals surface area contributed by atoms with Crippen LogP contribution in [0.15, 0.2) is 41.2 Å². The van der Waals surface area contributed by atoms with Gasteiger partial charge in [-0.3, -0.25) is 9.59 Å². The van der Waals surface area contributed by atoms with Crippen molar-refractivity contribution in [3.05, 3.63) is 52.4 Å². The quantitative estimate of drug-likeness (QED) is 0.889. The molecule has 6 heteroatoms. The summed E-state index contributed by atoms with van der Waals surface area (Å²) in [5, 5.41) is 8.59. The summed E-state index contributed by atoms with van der Waals surface area (Å²) in [6.45, 7) is 3.81. The summed E-state index contributed by atoms with van der Waals surface area (Å²) < 4.78 is 5.61. The Balaban J connectivity index is 2.19. The number of benzene rings is 1. The monoisotopic (exact) mass is 273 g/mol. The van der Waals surface area contributed by atoms with Crippen LogP contribution in [-0.4, -0.2) is 22.2 Å². The van der Waals surface area contributed by atoms with Crippen molar-refractivity contribution in [2.24, 2.45) is 0 Å². The Kier molecular flexibility index (Phi) is 4.14. The van der Waals surface area contributed by atoms with Crippen LogP contribution in [0.2, 0.25) is 0 Å². The van der Waals surface area contributed by atoms with Gasteiger partial charge < -0.3 is 10.1 Å². The van der Waals surface area contributed by atoms with Crippen molar-refractivity contribution in [1.82, 2.24) is 10.2 Å². The highest BCUT2D eigenvalue weighted by Gasteiger charge is 2.11. The summed E-state index contributed by atoms with van der Waals surface area (Å²) in [7, 11) is 0. The van der Waals surface area contributed by atoms with Crippen molar-refractivity contribution in [3.63, 3.8) is 0 Å². The summed E-state index contributed by atoms with van der Waals surface area (Å²) >= 11 is 0. The Labute approximate surface area is 115 Å². The van der Waals surface area contributed by atoms with Crippen LogP contribution in [0.5, 0.6) is 5.75 Å². The van der Waals surface area contributed by atoms with Crippen LogP contribution >= 0.6 is 0 Å². The van der Waals surface area contributed by atoms with E-state index in [2.05, 4.69) is 15.5 Å². The number of carbonyl (C=O) groups is 1. The van der Waals surface area contributed by atoms with Crippen LogP contribution in [0.4, 0.5) is 5.69 Å². The van der Waals surface area contributed by atoms with E-state index < -0.39 is 5.91 Å². The highest BCUT2D eigenvalue weighted by molar-refractivity contribution is 6.03. The normalized spacial score (nSPS) is 10.3. The van der Waals surface area contributed by atoms with E-state index in [-0.39, 0.29) is 17.4 Å². The molecule has 0 saturated carbocycles. The molecule has 0 radical (unpaired) electrons. The predicted molar refractivity (Wildman–Crippen MR) is 75.0 cm³/mol. The number of ether oxygens (including phenoxy) is 1. The molecule has 0 bridgehead atoms. The van der Waals surface area contributed by atoms with E-state index >= 15 is 0 Å². The van der Waals surface area contributed by atoms with Crippen molar-refractivity contribution in [1.29, 1.82) is 0 Å². The van der Waals surface area contributed by atoms with Crippen molar-refractivity contribution < 1.29 is 9.53 Å². The van der Waals surface area contributed by atoms with Gasteiger partial charge in [-0.1, -0.05) is 12.1 Å². The van der Waals surface area contributed by atoms with E-state index in [0.29, 0.717) is 11.4 Å². The number of para-hydroxylation sites is 2. The van der Waals surface area contributed by atoms with Gasteiger partial charge in [-0.15, -0.1) is 0 Å². The number of aromatic amines is 1. The highest BCUT2D eigenvalue weighted by atomic mass is 16.5. The number of nitrogens with zero attached hydrogens (tertiary/aromatic N) is 1. The lowest BCUT2D eigenvalue weighted by Crippen LogP contribution is -2.18. The lowest BCUT2D eigenvalue weighted by atomic mass is 10.2. The molecule has 0 saturated heterocycles. The minimum Gasteiger partial charge on any atom is -0.489 e. The molecule has 0 aliphatic rings. The van der Waals surface area contributed by atoms with Crippen molar-refractivity contribution in [2.75, 3.05) is 5.32 Å². The fourth-order valence-electron chi connectivity index (χ4n) is 1.58. The molecule has 0 atom stereocenters. The SMILES string of the molecule is CC(C)Oc1ccccc1NC(=O)c1ccc(=O)[nH]n1. The molecule has 1 amide bonds. The van der Waals surface area contributed by atoms with Crippen molar-refractivity contribution in [3.8, 4) is 5.75 Å². The molecular weight excluding hydrogens is 258 g/mol. The van der Waals surface area contributed by atoms with E-state index in [0.717, 1.165) is 0 Å². The maximum atomic E-state index is 12.0. The van der Waals surface area contributed by atoms with E-state index in [1.165, 1.54) is 12.1 Å². The van der Waals surface area contributed by atoms with Gasteiger partial charge in [0.25, 0.3) is 11.5 Å². The standard InChI is InChI=1S/C14H15N3O3/c1-9(2)20-12-6-4-3-5-10(12)15-14(19)11-7-8-13(18)17-16-11/h3-9H,1-2H3,(H,15,19)(H,17,18). The lowest BCUT2D eigenvalue weighted by molar-refractivity contribution is 0.102. The van der Waals surface area contributed by atoms with Crippen molar-refractivity contribution in [2.45, 2.75) is 20.0 Å². The molecule has 0 spiro atoms. The Hall–Kier alpha value is -2.63. The molecular formula is C14H15N3O3. The van der Waals surface area contributed by atoms with E-state index in [4.69, 9.17) is 4.74 Å². The molecule has 104 valence electrons. The number of rotatable bonds is 4. The Morgan fingerprint density at radius 2 is 2.00 bits per heavy atom. The van der Waals surface area contributed by atoms with Crippen LogP contribution < -0.4 is 15.6 Å². The summed E-state index contributed by atoms with van der Waals surface area (Å²) in [5.41, 5.74) is 0.327. The smallest absolute Gasteiger partial charge is 0.276 e. The molecule has 1 aromatic carbocycles. The highest BCUT2D eigenvalue weighted by Crippen LogP contribution is 2.25. The summed E-state index contributed by atoms with van der Waals surface area (Å²) in [5.74, 6) is 0.168. The number of amides is 1. The fraction of sp³-hybridized carbons (Fsp3) is 0.214. The van der Waals surface area contributed by atoms with E-state index in [1.807, 2.05) is 19.9 Å². The second kappa shape index (κ2) is 6.01. The zero-order valence-corrected chi connectivity index (χ0v) is 11.2. The first-order valence-corrected chi connectivity index (χ1v) is 6.19. The number of aromatic nitrogens is 2. The Morgan fingerprint density at radius 1 is 1.25 bits per heavy atom. The molecule has 2 N–H and O–H groups in total. The number of nitrogens with one attached hydrogen (secondary N) is 2. The number of hydrogen-bond donors (Lipinski definition) is 2. The summed E-state index contributed by atoms with van der Waals surface area (Å²) in [6.07, 6.45) is -0.000688. The Morgan fingerprint density at radius 3 is 2.65 bits per heavy atom. The van der Waals surface area contributed by atoms with Gasteiger partial charge in [-0.25, -0.2) is 5.10 Å². The third kappa shape index (κ3) is 3.44. The number of hydrogen-bond acceptors (Lipinski definition) is 4. The van der Waals surface area contributed by atoms with Crippen LogP contribution in [-0.2, 0) is 0 Å². The third-order valence-corrected chi connectivity index (χ3v) is 2.41. The summed E-state index contributed by atoms with van der Waals surface area (Å²) in [6, 6.07) is 9.74. The topological polar surface area (TPSA) is 84.1 Å². The van der Waals surface area contributed by atoms with Crippen LogP contribution in [0.25, 0.3) is 0 Å². The van der Waals surface area contributed by atoms with Gasteiger partial charge in [0, 0.05) is 6.07 Å². The number of H-pyrrole nitrogens is 1. The zero-order valence-electron chi connectivity index (χ0n) is 11.2. The maximum absolute atomic E-state index is 12.0. The van der Waals surface area contributed by atoms with Gasteiger partial charge in [-0.05, 0) is 32.0 Å². The lowest BCUT2D eigenvalue weighted by Gasteiger charge is -2.14.